The van der Waals surface area contributed by atoms with Gasteiger partial charge >= 0.3 is 0 Å². The zero-order valence-corrected chi connectivity index (χ0v) is 20.1. The Bertz CT molecular complexity index is 874. The molecule has 1 aromatic heterocycles. The lowest BCUT2D eigenvalue weighted by molar-refractivity contribution is -0.141. The molecule has 4 nitrogen and oxygen atoms in total. The monoisotopic (exact) mass is 458 g/mol. The summed E-state index contributed by atoms with van der Waals surface area (Å²) in [5.41, 5.74) is 2.04. The second-order valence-electron chi connectivity index (χ2n) is 8.91. The summed E-state index contributed by atoms with van der Waals surface area (Å²) < 4.78 is 13.3. The van der Waals surface area contributed by atoms with Gasteiger partial charge < -0.3 is 9.80 Å². The van der Waals surface area contributed by atoms with Crippen molar-refractivity contribution >= 4 is 23.2 Å². The first-order chi connectivity index (χ1) is 15.5. The average molecular weight is 459 g/mol. The minimum Gasteiger partial charge on any atom is -0.333 e. The summed E-state index contributed by atoms with van der Waals surface area (Å²) in [5, 5.41) is 2.03. The van der Waals surface area contributed by atoms with Crippen molar-refractivity contribution in [3.05, 3.63) is 57.5 Å². The molecule has 0 atom stereocenters. The van der Waals surface area contributed by atoms with Crippen LogP contribution >= 0.6 is 11.3 Å². The number of benzene rings is 1. The van der Waals surface area contributed by atoms with Gasteiger partial charge in [-0.15, -0.1) is 11.3 Å². The van der Waals surface area contributed by atoms with E-state index < -0.39 is 0 Å². The van der Waals surface area contributed by atoms with Crippen LogP contribution in [0.5, 0.6) is 0 Å². The Labute approximate surface area is 195 Å². The van der Waals surface area contributed by atoms with Gasteiger partial charge in [0, 0.05) is 24.4 Å². The molecule has 2 aromatic rings. The molecule has 0 N–H and O–H groups in total. The number of aryl methyl sites for hydroxylation is 1. The molecule has 174 valence electrons. The van der Waals surface area contributed by atoms with Crippen LogP contribution in [-0.4, -0.2) is 34.7 Å². The van der Waals surface area contributed by atoms with Gasteiger partial charge in [-0.1, -0.05) is 44.7 Å². The molecule has 2 amide bonds. The molecule has 3 rings (SSSR count). The number of halogens is 1. The molecule has 0 saturated heterocycles. The van der Waals surface area contributed by atoms with Gasteiger partial charge in [0.15, 0.2) is 0 Å². The Balaban J connectivity index is 1.68. The number of carbonyl (C=O) groups excluding carboxylic acids is 2. The van der Waals surface area contributed by atoms with Crippen molar-refractivity contribution in [1.29, 1.82) is 0 Å². The molecule has 0 unspecified atom stereocenters. The van der Waals surface area contributed by atoms with E-state index in [1.54, 1.807) is 33.3 Å². The van der Waals surface area contributed by atoms with Crippen LogP contribution in [0.1, 0.15) is 67.9 Å². The zero-order chi connectivity index (χ0) is 22.9. The largest absolute Gasteiger partial charge is 0.333 e. The molecule has 6 heteroatoms. The number of hydrogen-bond donors (Lipinski definition) is 0. The number of nitrogens with zero attached hydrogens (tertiary/aromatic N) is 2. The van der Waals surface area contributed by atoms with E-state index >= 15 is 0 Å². The average Bonchev–Trinajstić information content (AvgIpc) is 3.44. The Morgan fingerprint density at radius 3 is 2.38 bits per heavy atom. The Morgan fingerprint density at radius 1 is 1.03 bits per heavy atom. The van der Waals surface area contributed by atoms with E-state index in [0.29, 0.717) is 32.0 Å². The standard InChI is InChI=1S/C26H35FN2O2S/c1-3-15-28(25(30)13-10-21-6-4-5-7-21)19-26(31)29(18-24-20(2)14-16-32-24)17-22-8-11-23(27)12-9-22/h8-9,11-12,14,16,21H,3-7,10,13,15,17-19H2,1-2H3. The van der Waals surface area contributed by atoms with Gasteiger partial charge in [-0.2, -0.15) is 0 Å². The first-order valence-corrected chi connectivity index (χ1v) is 12.7. The van der Waals surface area contributed by atoms with Crippen LogP contribution in [0.25, 0.3) is 0 Å². The normalized spacial score (nSPS) is 14.0. The topological polar surface area (TPSA) is 40.6 Å². The van der Waals surface area contributed by atoms with Crippen molar-refractivity contribution in [2.45, 2.75) is 71.9 Å². The maximum Gasteiger partial charge on any atom is 0.242 e. The predicted molar refractivity (Wildman–Crippen MR) is 128 cm³/mol. The summed E-state index contributed by atoms with van der Waals surface area (Å²) in [7, 11) is 0. The van der Waals surface area contributed by atoms with Crippen LogP contribution in [0.4, 0.5) is 4.39 Å². The number of thiophene rings is 1. The van der Waals surface area contributed by atoms with Crippen molar-refractivity contribution in [3.63, 3.8) is 0 Å². The third kappa shape index (κ3) is 7.16. The first kappa shape index (κ1) is 24.4. The van der Waals surface area contributed by atoms with Crippen LogP contribution in [0.2, 0.25) is 0 Å². The van der Waals surface area contributed by atoms with Crippen LogP contribution in [0, 0.1) is 18.7 Å². The molecule has 0 spiro atoms. The molecule has 1 saturated carbocycles. The molecule has 0 aliphatic heterocycles. The maximum atomic E-state index is 13.4. The van der Waals surface area contributed by atoms with Crippen molar-refractivity contribution < 1.29 is 14.0 Å². The molecular weight excluding hydrogens is 423 g/mol. The first-order valence-electron chi connectivity index (χ1n) is 11.8. The molecule has 32 heavy (non-hydrogen) atoms. The third-order valence-electron chi connectivity index (χ3n) is 6.36. The lowest BCUT2D eigenvalue weighted by atomic mass is 10.0. The van der Waals surface area contributed by atoms with Crippen molar-refractivity contribution in [3.8, 4) is 0 Å². The van der Waals surface area contributed by atoms with E-state index in [2.05, 4.69) is 6.07 Å². The second kappa shape index (κ2) is 12.1. The highest BCUT2D eigenvalue weighted by Gasteiger charge is 2.23. The van der Waals surface area contributed by atoms with E-state index in [0.717, 1.165) is 28.8 Å². The smallest absolute Gasteiger partial charge is 0.242 e. The Hall–Kier alpha value is -2.21. The lowest BCUT2D eigenvalue weighted by Crippen LogP contribution is -2.42. The highest BCUT2D eigenvalue weighted by atomic mass is 32.1. The molecule has 1 aliphatic rings. The van der Waals surface area contributed by atoms with E-state index in [4.69, 9.17) is 0 Å². The number of hydrogen-bond acceptors (Lipinski definition) is 3. The van der Waals surface area contributed by atoms with E-state index in [1.807, 2.05) is 19.2 Å². The molecule has 0 radical (unpaired) electrons. The Morgan fingerprint density at radius 2 is 1.75 bits per heavy atom. The summed E-state index contributed by atoms with van der Waals surface area (Å²) >= 11 is 1.63. The van der Waals surface area contributed by atoms with Gasteiger partial charge in [0.2, 0.25) is 11.8 Å². The minimum atomic E-state index is -0.289. The van der Waals surface area contributed by atoms with Gasteiger partial charge in [-0.25, -0.2) is 4.39 Å². The maximum absolute atomic E-state index is 13.4. The fourth-order valence-electron chi connectivity index (χ4n) is 4.39. The van der Waals surface area contributed by atoms with Crippen LogP contribution in [0.15, 0.2) is 35.7 Å². The summed E-state index contributed by atoms with van der Waals surface area (Å²) in [4.78, 5) is 31.0. The number of amides is 2. The van der Waals surface area contributed by atoms with Crippen LogP contribution < -0.4 is 0 Å². The highest BCUT2D eigenvalue weighted by Crippen LogP contribution is 2.28. The lowest BCUT2D eigenvalue weighted by Gasteiger charge is -2.28. The molecule has 1 aliphatic carbocycles. The van der Waals surface area contributed by atoms with Crippen molar-refractivity contribution in [2.24, 2.45) is 5.92 Å². The van der Waals surface area contributed by atoms with E-state index in [9.17, 15) is 14.0 Å². The molecule has 1 aromatic carbocycles. The quantitative estimate of drug-likeness (QED) is 0.418. The second-order valence-corrected chi connectivity index (χ2v) is 9.91. The molecule has 0 bridgehead atoms. The third-order valence-corrected chi connectivity index (χ3v) is 7.36. The fourth-order valence-corrected chi connectivity index (χ4v) is 5.31. The number of rotatable bonds is 11. The highest BCUT2D eigenvalue weighted by molar-refractivity contribution is 7.10. The van der Waals surface area contributed by atoms with Gasteiger partial charge in [0.1, 0.15) is 5.82 Å². The molecule has 1 fully saturated rings. The summed E-state index contributed by atoms with van der Waals surface area (Å²) in [6, 6.07) is 8.33. The Kier molecular flexibility index (Phi) is 9.27. The summed E-state index contributed by atoms with van der Waals surface area (Å²) in [6.07, 6.45) is 7.29. The summed E-state index contributed by atoms with van der Waals surface area (Å²) in [5.74, 6) is 0.392. The van der Waals surface area contributed by atoms with Crippen molar-refractivity contribution in [1.82, 2.24) is 9.80 Å². The number of carbonyl (C=O) groups is 2. The van der Waals surface area contributed by atoms with E-state index in [-0.39, 0.29) is 24.2 Å². The predicted octanol–water partition coefficient (Wildman–Crippen LogP) is 5.93. The minimum absolute atomic E-state index is 0.0650. The molecule has 1 heterocycles. The van der Waals surface area contributed by atoms with Gasteiger partial charge in [-0.3, -0.25) is 9.59 Å². The zero-order valence-electron chi connectivity index (χ0n) is 19.3. The van der Waals surface area contributed by atoms with E-state index in [1.165, 1.54) is 37.8 Å². The summed E-state index contributed by atoms with van der Waals surface area (Å²) in [6.45, 7) is 5.67. The van der Waals surface area contributed by atoms with Gasteiger partial charge in [0.05, 0.1) is 13.1 Å². The van der Waals surface area contributed by atoms with Crippen molar-refractivity contribution in [2.75, 3.05) is 13.1 Å². The SMILES string of the molecule is CCCN(CC(=O)N(Cc1ccc(F)cc1)Cc1sccc1C)C(=O)CCC1CCCC1. The van der Waals surface area contributed by atoms with Gasteiger partial charge in [-0.05, 0) is 60.4 Å². The molecular formula is C26H35FN2O2S. The van der Waals surface area contributed by atoms with Gasteiger partial charge in [0.25, 0.3) is 0 Å². The van der Waals surface area contributed by atoms with Crippen LogP contribution in [-0.2, 0) is 22.7 Å². The van der Waals surface area contributed by atoms with Crippen LogP contribution in [0.3, 0.4) is 0 Å². The fraction of sp³-hybridized carbons (Fsp3) is 0.538.